The smallest absolute Gasteiger partial charge is 0.159 e. The molecule has 0 spiro atoms. The summed E-state index contributed by atoms with van der Waals surface area (Å²) in [5, 5.41) is 0. The Balaban J connectivity index is 1.50. The minimum absolute atomic E-state index is 0.149. The molecule has 2 nitrogen and oxygen atoms in total. The first-order valence-electron chi connectivity index (χ1n) is 6.90. The molecule has 3 aliphatic rings. The summed E-state index contributed by atoms with van der Waals surface area (Å²) in [4.78, 5) is 11.9. The van der Waals surface area contributed by atoms with E-state index in [0.717, 1.165) is 0 Å². The van der Waals surface area contributed by atoms with E-state index in [1.807, 2.05) is 18.2 Å². The second-order valence-electron chi connectivity index (χ2n) is 5.67. The van der Waals surface area contributed by atoms with E-state index in [2.05, 4.69) is 30.4 Å². The summed E-state index contributed by atoms with van der Waals surface area (Å²) in [7, 11) is 0. The molecule has 1 fully saturated rings. The number of ketones is 1. The molecule has 2 heteroatoms. The lowest BCUT2D eigenvalue weighted by atomic mass is 9.85. The molecule has 2 bridgehead atoms. The van der Waals surface area contributed by atoms with E-state index in [0.29, 0.717) is 18.4 Å². The van der Waals surface area contributed by atoms with Crippen molar-refractivity contribution in [1.82, 2.24) is 0 Å². The maximum atomic E-state index is 11.9. The Morgan fingerprint density at radius 3 is 2.53 bits per heavy atom. The third-order valence-electron chi connectivity index (χ3n) is 4.68. The molecule has 1 saturated carbocycles. The standard InChI is InChI=1S/C17H16O2/c18-15-9-8-12-13-6-7-14(16(12)15)17(13)19-10-11-4-2-1-3-5-11/h1-9,12-14,16-17H,10H2/t12-,13+,14-,16-,17-/m0/s1. The van der Waals surface area contributed by atoms with Gasteiger partial charge in [0.2, 0.25) is 0 Å². The second kappa shape index (κ2) is 4.17. The van der Waals surface area contributed by atoms with E-state index in [-0.39, 0.29) is 23.7 Å². The Bertz CT molecular complexity index is 558. The summed E-state index contributed by atoms with van der Waals surface area (Å²) in [6.07, 6.45) is 8.45. The van der Waals surface area contributed by atoms with Crippen LogP contribution in [0.15, 0.2) is 54.6 Å². The van der Waals surface area contributed by atoms with Crippen LogP contribution >= 0.6 is 0 Å². The number of benzene rings is 1. The zero-order chi connectivity index (χ0) is 12.8. The van der Waals surface area contributed by atoms with E-state index in [1.165, 1.54) is 5.56 Å². The molecular formula is C17H16O2. The number of fused-ring (bicyclic) bond motifs is 5. The highest BCUT2D eigenvalue weighted by Crippen LogP contribution is 2.52. The Kier molecular flexibility index (Phi) is 2.46. The Morgan fingerprint density at radius 1 is 0.947 bits per heavy atom. The molecule has 0 unspecified atom stereocenters. The van der Waals surface area contributed by atoms with Gasteiger partial charge in [-0.05, 0) is 17.6 Å². The molecule has 0 amide bonds. The van der Waals surface area contributed by atoms with Crippen molar-refractivity contribution in [3.05, 3.63) is 60.2 Å². The predicted molar refractivity (Wildman–Crippen MR) is 72.3 cm³/mol. The monoisotopic (exact) mass is 252 g/mol. The average molecular weight is 252 g/mol. The van der Waals surface area contributed by atoms with Crippen molar-refractivity contribution in [2.75, 3.05) is 0 Å². The van der Waals surface area contributed by atoms with E-state index in [1.54, 1.807) is 6.08 Å². The van der Waals surface area contributed by atoms with Crippen LogP contribution < -0.4 is 0 Å². The number of carbonyl (C=O) groups excluding carboxylic acids is 1. The number of hydrogen-bond acceptors (Lipinski definition) is 2. The van der Waals surface area contributed by atoms with Crippen molar-refractivity contribution in [3.63, 3.8) is 0 Å². The van der Waals surface area contributed by atoms with Gasteiger partial charge in [0.1, 0.15) is 0 Å². The summed E-state index contributed by atoms with van der Waals surface area (Å²) in [5.74, 6) is 1.48. The quantitative estimate of drug-likeness (QED) is 0.773. The molecule has 5 atom stereocenters. The molecule has 96 valence electrons. The third-order valence-corrected chi connectivity index (χ3v) is 4.68. The molecule has 0 N–H and O–H groups in total. The molecule has 1 aromatic carbocycles. The summed E-state index contributed by atoms with van der Waals surface area (Å²) in [6, 6.07) is 10.2. The molecule has 0 heterocycles. The third kappa shape index (κ3) is 1.63. The van der Waals surface area contributed by atoms with Gasteiger partial charge in [0.15, 0.2) is 5.78 Å². The fourth-order valence-corrected chi connectivity index (χ4v) is 3.83. The first kappa shape index (κ1) is 11.2. The molecule has 4 rings (SSSR count). The average Bonchev–Trinajstić information content (AvgIpc) is 3.10. The molecule has 1 aromatic rings. The van der Waals surface area contributed by atoms with Crippen LogP contribution in [0, 0.1) is 23.7 Å². The highest BCUT2D eigenvalue weighted by atomic mass is 16.5. The molecule has 0 saturated heterocycles. The van der Waals surface area contributed by atoms with Gasteiger partial charge in [-0.2, -0.15) is 0 Å². The number of rotatable bonds is 3. The van der Waals surface area contributed by atoms with Gasteiger partial charge < -0.3 is 4.74 Å². The van der Waals surface area contributed by atoms with Crippen molar-refractivity contribution < 1.29 is 9.53 Å². The first-order valence-corrected chi connectivity index (χ1v) is 6.90. The van der Waals surface area contributed by atoms with Gasteiger partial charge in [0, 0.05) is 17.8 Å². The minimum atomic E-state index is 0.149. The van der Waals surface area contributed by atoms with Gasteiger partial charge in [-0.15, -0.1) is 0 Å². The van der Waals surface area contributed by atoms with Crippen LogP contribution in [0.25, 0.3) is 0 Å². The lowest BCUT2D eigenvalue weighted by molar-refractivity contribution is -0.119. The summed E-state index contributed by atoms with van der Waals surface area (Å²) in [5.41, 5.74) is 1.20. The molecule has 0 aliphatic heterocycles. The molecular weight excluding hydrogens is 236 g/mol. The maximum absolute atomic E-state index is 11.9. The lowest BCUT2D eigenvalue weighted by Crippen LogP contribution is -2.23. The largest absolute Gasteiger partial charge is 0.372 e. The number of carbonyl (C=O) groups is 1. The predicted octanol–water partition coefficient (Wildman–Crippen LogP) is 2.76. The minimum Gasteiger partial charge on any atom is -0.372 e. The Morgan fingerprint density at radius 2 is 1.74 bits per heavy atom. The van der Waals surface area contributed by atoms with Gasteiger partial charge in [-0.3, -0.25) is 4.79 Å². The Hall–Kier alpha value is -1.67. The summed E-state index contributed by atoms with van der Waals surface area (Å²) in [6.45, 7) is 0.636. The first-order chi connectivity index (χ1) is 9.34. The van der Waals surface area contributed by atoms with Gasteiger partial charge in [0.05, 0.1) is 12.7 Å². The van der Waals surface area contributed by atoms with Crippen LogP contribution in [0.1, 0.15) is 5.56 Å². The highest BCUT2D eigenvalue weighted by molar-refractivity contribution is 5.95. The fourth-order valence-electron chi connectivity index (χ4n) is 3.83. The van der Waals surface area contributed by atoms with Crippen molar-refractivity contribution in [1.29, 1.82) is 0 Å². The number of ether oxygens (including phenoxy) is 1. The van der Waals surface area contributed by atoms with Gasteiger partial charge in [-0.25, -0.2) is 0 Å². The van der Waals surface area contributed by atoms with E-state index in [9.17, 15) is 4.79 Å². The van der Waals surface area contributed by atoms with Gasteiger partial charge in [0.25, 0.3) is 0 Å². The SMILES string of the molecule is O=C1C=C[C@H]2[C@H]3C=C[C@H]([C@H]3OCc3ccccc3)[C@@H]12. The molecule has 3 aliphatic carbocycles. The zero-order valence-electron chi connectivity index (χ0n) is 10.6. The molecule has 0 radical (unpaired) electrons. The summed E-state index contributed by atoms with van der Waals surface area (Å²) >= 11 is 0. The van der Waals surface area contributed by atoms with Crippen molar-refractivity contribution >= 4 is 5.78 Å². The Labute approximate surface area is 112 Å². The highest BCUT2D eigenvalue weighted by Gasteiger charge is 2.55. The normalized spacial score (nSPS) is 38.1. The van der Waals surface area contributed by atoms with E-state index in [4.69, 9.17) is 4.74 Å². The topological polar surface area (TPSA) is 26.3 Å². The van der Waals surface area contributed by atoms with Crippen LogP contribution in [-0.4, -0.2) is 11.9 Å². The van der Waals surface area contributed by atoms with Crippen LogP contribution in [0.4, 0.5) is 0 Å². The maximum Gasteiger partial charge on any atom is 0.159 e. The van der Waals surface area contributed by atoms with Crippen molar-refractivity contribution in [2.45, 2.75) is 12.7 Å². The molecule has 19 heavy (non-hydrogen) atoms. The van der Waals surface area contributed by atoms with Crippen LogP contribution in [0.5, 0.6) is 0 Å². The van der Waals surface area contributed by atoms with Crippen molar-refractivity contribution in [3.8, 4) is 0 Å². The zero-order valence-corrected chi connectivity index (χ0v) is 10.6. The van der Waals surface area contributed by atoms with Gasteiger partial charge >= 0.3 is 0 Å². The number of allylic oxidation sites excluding steroid dienone is 2. The van der Waals surface area contributed by atoms with Gasteiger partial charge in [-0.1, -0.05) is 48.6 Å². The molecule has 0 aromatic heterocycles. The van der Waals surface area contributed by atoms with Crippen LogP contribution in [-0.2, 0) is 16.1 Å². The summed E-state index contributed by atoms with van der Waals surface area (Å²) < 4.78 is 6.11. The van der Waals surface area contributed by atoms with E-state index < -0.39 is 0 Å². The fraction of sp³-hybridized carbons (Fsp3) is 0.353. The van der Waals surface area contributed by atoms with Crippen molar-refractivity contribution in [2.24, 2.45) is 23.7 Å². The van der Waals surface area contributed by atoms with Crippen LogP contribution in [0.2, 0.25) is 0 Å². The van der Waals surface area contributed by atoms with E-state index >= 15 is 0 Å². The lowest BCUT2D eigenvalue weighted by Gasteiger charge is -2.18. The second-order valence-corrected chi connectivity index (χ2v) is 5.67. The van der Waals surface area contributed by atoms with Crippen LogP contribution in [0.3, 0.4) is 0 Å². The number of hydrogen-bond donors (Lipinski definition) is 0.